The zero-order valence-corrected chi connectivity index (χ0v) is 17.0. The first-order valence-electron chi connectivity index (χ1n) is 10.2. The lowest BCUT2D eigenvalue weighted by molar-refractivity contribution is -0.165. The highest BCUT2D eigenvalue weighted by Crippen LogP contribution is 2.51. The van der Waals surface area contributed by atoms with Crippen LogP contribution in [-0.2, 0) is 4.79 Å². The molecule has 30 heavy (non-hydrogen) atoms. The van der Waals surface area contributed by atoms with Gasteiger partial charge in [-0.25, -0.2) is 4.39 Å². The van der Waals surface area contributed by atoms with Crippen molar-refractivity contribution < 1.29 is 18.7 Å². The molecular formula is C23H24FN3O3. The van der Waals surface area contributed by atoms with Crippen LogP contribution >= 0.6 is 0 Å². The highest BCUT2D eigenvalue weighted by atomic mass is 19.1. The number of hydrogen-bond acceptors (Lipinski definition) is 5. The second-order valence-electron chi connectivity index (χ2n) is 7.95. The molecule has 5 rings (SSSR count). The molecule has 6 nitrogen and oxygen atoms in total. The highest BCUT2D eigenvalue weighted by Gasteiger charge is 2.52. The summed E-state index contributed by atoms with van der Waals surface area (Å²) in [6.45, 7) is 2.84. The van der Waals surface area contributed by atoms with E-state index in [0.717, 1.165) is 22.6 Å². The average Bonchev–Trinajstić information content (AvgIpc) is 3.21. The Hall–Kier alpha value is -3.06. The minimum absolute atomic E-state index is 0.0622. The normalized spacial score (nSPS) is 21.9. The van der Waals surface area contributed by atoms with Crippen LogP contribution in [0.4, 0.5) is 4.39 Å². The Morgan fingerprint density at radius 3 is 2.60 bits per heavy atom. The van der Waals surface area contributed by atoms with Crippen molar-refractivity contribution in [3.8, 4) is 11.5 Å². The molecule has 1 N–H and O–H groups in total. The van der Waals surface area contributed by atoms with E-state index in [-0.39, 0.29) is 17.8 Å². The van der Waals surface area contributed by atoms with E-state index < -0.39 is 5.72 Å². The van der Waals surface area contributed by atoms with Gasteiger partial charge in [0.1, 0.15) is 5.82 Å². The molecule has 1 spiro atoms. The fourth-order valence-electron chi connectivity index (χ4n) is 4.63. The fourth-order valence-corrected chi connectivity index (χ4v) is 4.63. The summed E-state index contributed by atoms with van der Waals surface area (Å²) in [4.78, 5) is 13.7. The van der Waals surface area contributed by atoms with Crippen molar-refractivity contribution in [3.63, 3.8) is 0 Å². The van der Waals surface area contributed by atoms with Crippen molar-refractivity contribution in [1.29, 1.82) is 0 Å². The quantitative estimate of drug-likeness (QED) is 0.823. The van der Waals surface area contributed by atoms with Crippen LogP contribution in [0.15, 0.2) is 48.5 Å². The Morgan fingerprint density at radius 2 is 1.93 bits per heavy atom. The molecule has 3 aliphatic heterocycles. The third-order valence-corrected chi connectivity index (χ3v) is 6.27. The predicted octanol–water partition coefficient (Wildman–Crippen LogP) is 3.47. The van der Waals surface area contributed by atoms with E-state index in [9.17, 15) is 9.18 Å². The monoisotopic (exact) mass is 409 g/mol. The van der Waals surface area contributed by atoms with Crippen molar-refractivity contribution in [2.75, 3.05) is 20.2 Å². The number of hydrazine groups is 1. The van der Waals surface area contributed by atoms with Gasteiger partial charge in [0.2, 0.25) is 5.91 Å². The van der Waals surface area contributed by atoms with Gasteiger partial charge in [-0.1, -0.05) is 12.1 Å². The lowest BCUT2D eigenvalue weighted by Crippen LogP contribution is -2.64. The average molecular weight is 409 g/mol. The van der Waals surface area contributed by atoms with Crippen molar-refractivity contribution in [2.45, 2.75) is 31.5 Å². The van der Waals surface area contributed by atoms with Gasteiger partial charge in [-0.15, -0.1) is 0 Å². The van der Waals surface area contributed by atoms with Gasteiger partial charge in [-0.3, -0.25) is 4.79 Å². The third kappa shape index (κ3) is 2.92. The van der Waals surface area contributed by atoms with E-state index in [0.29, 0.717) is 31.7 Å². The van der Waals surface area contributed by atoms with E-state index >= 15 is 0 Å². The second kappa shape index (κ2) is 7.02. The molecule has 1 fully saturated rings. The molecule has 0 unspecified atom stereocenters. The van der Waals surface area contributed by atoms with Gasteiger partial charge in [0.15, 0.2) is 17.2 Å². The summed E-state index contributed by atoms with van der Waals surface area (Å²) < 4.78 is 25.6. The van der Waals surface area contributed by atoms with Gasteiger partial charge in [0, 0.05) is 38.4 Å². The maximum atomic E-state index is 13.4. The molecule has 0 radical (unpaired) electrons. The van der Waals surface area contributed by atoms with Gasteiger partial charge in [-0.2, -0.15) is 5.01 Å². The van der Waals surface area contributed by atoms with Crippen LogP contribution < -0.4 is 14.9 Å². The molecule has 3 heterocycles. The van der Waals surface area contributed by atoms with Crippen molar-refractivity contribution in [1.82, 2.24) is 15.3 Å². The topological polar surface area (TPSA) is 54.0 Å². The minimum atomic E-state index is -0.615. The number of hydrogen-bond donors (Lipinski definition) is 1. The highest BCUT2D eigenvalue weighted by molar-refractivity contribution is 5.73. The van der Waals surface area contributed by atoms with Gasteiger partial charge in [-0.05, 0) is 42.0 Å². The third-order valence-electron chi connectivity index (χ3n) is 6.27. The Bertz CT molecular complexity index is 1010. The van der Waals surface area contributed by atoms with Crippen LogP contribution in [0.25, 0.3) is 5.70 Å². The molecule has 7 heteroatoms. The van der Waals surface area contributed by atoms with Crippen LogP contribution in [0.2, 0.25) is 0 Å². The van der Waals surface area contributed by atoms with E-state index in [1.54, 1.807) is 26.2 Å². The van der Waals surface area contributed by atoms with E-state index in [1.807, 2.05) is 23.1 Å². The number of benzene rings is 2. The molecule has 3 aliphatic rings. The smallest absolute Gasteiger partial charge is 0.219 e. The molecule has 2 aromatic rings. The fraction of sp³-hybridized carbons (Fsp3) is 0.348. The van der Waals surface area contributed by atoms with Gasteiger partial charge in [0.25, 0.3) is 0 Å². The molecule has 156 valence electrons. The Kier molecular flexibility index (Phi) is 4.43. The molecule has 2 aromatic carbocycles. The lowest BCUT2D eigenvalue weighted by Gasteiger charge is -2.51. The molecule has 0 bridgehead atoms. The Morgan fingerprint density at radius 1 is 1.20 bits per heavy atom. The zero-order chi connectivity index (χ0) is 20.9. The SMILES string of the molecule is COc1cccc2c1OC1(CCN(C(C)=O)CC1)N1NC(c3ccc(F)cc3)=C[C@@H]21. The molecule has 1 saturated heterocycles. The van der Waals surface area contributed by atoms with Crippen LogP contribution in [0, 0.1) is 5.82 Å². The number of nitrogens with one attached hydrogen (secondary N) is 1. The summed E-state index contributed by atoms with van der Waals surface area (Å²) in [6, 6.07) is 12.3. The number of para-hydroxylation sites is 1. The predicted molar refractivity (Wildman–Crippen MR) is 110 cm³/mol. The summed E-state index contributed by atoms with van der Waals surface area (Å²) in [6.07, 6.45) is 3.48. The number of methoxy groups -OCH3 is 1. The number of carbonyl (C=O) groups is 1. The standard InChI is InChI=1S/C23H24FN3O3/c1-15(28)26-12-10-23(11-13-26)27-20(18-4-3-5-21(29-2)22(18)30-23)14-19(25-27)16-6-8-17(24)9-7-16/h3-9,14,20,25H,10-13H2,1-2H3/t20-/m0/s1. The maximum Gasteiger partial charge on any atom is 0.219 e. The maximum absolute atomic E-state index is 13.4. The first-order valence-corrected chi connectivity index (χ1v) is 10.2. The van der Waals surface area contributed by atoms with Crippen LogP contribution in [0.1, 0.15) is 36.9 Å². The number of rotatable bonds is 2. The molecule has 0 aromatic heterocycles. The number of likely N-dealkylation sites (tertiary alicyclic amines) is 1. The molecular weight excluding hydrogens is 385 g/mol. The number of amides is 1. The van der Waals surface area contributed by atoms with Crippen LogP contribution in [0.3, 0.4) is 0 Å². The van der Waals surface area contributed by atoms with Crippen molar-refractivity contribution >= 4 is 11.6 Å². The van der Waals surface area contributed by atoms with Gasteiger partial charge >= 0.3 is 0 Å². The summed E-state index contributed by atoms with van der Waals surface area (Å²) in [5.41, 5.74) is 5.73. The molecule has 0 aliphatic carbocycles. The molecule has 1 atom stereocenters. The Balaban J connectivity index is 1.56. The second-order valence-corrected chi connectivity index (χ2v) is 7.95. The largest absolute Gasteiger partial charge is 0.493 e. The number of piperidine rings is 1. The summed E-state index contributed by atoms with van der Waals surface area (Å²) >= 11 is 0. The van der Waals surface area contributed by atoms with Crippen LogP contribution in [-0.4, -0.2) is 41.7 Å². The number of nitrogens with zero attached hydrogens (tertiary/aromatic N) is 2. The zero-order valence-electron chi connectivity index (χ0n) is 17.0. The van der Waals surface area contributed by atoms with E-state index in [2.05, 4.69) is 16.5 Å². The lowest BCUT2D eigenvalue weighted by atomic mass is 9.92. The number of fused-ring (bicyclic) bond motifs is 4. The summed E-state index contributed by atoms with van der Waals surface area (Å²) in [7, 11) is 1.64. The van der Waals surface area contributed by atoms with Crippen LogP contribution in [0.5, 0.6) is 11.5 Å². The first kappa shape index (κ1) is 18.9. The van der Waals surface area contributed by atoms with Gasteiger partial charge < -0.3 is 19.8 Å². The van der Waals surface area contributed by atoms with E-state index in [1.165, 1.54) is 12.1 Å². The minimum Gasteiger partial charge on any atom is -0.493 e. The summed E-state index contributed by atoms with van der Waals surface area (Å²) in [5.74, 6) is 1.26. The molecule has 1 amide bonds. The number of carbonyl (C=O) groups excluding carboxylic acids is 1. The van der Waals surface area contributed by atoms with Crippen molar-refractivity contribution in [3.05, 3.63) is 65.5 Å². The van der Waals surface area contributed by atoms with E-state index in [4.69, 9.17) is 9.47 Å². The van der Waals surface area contributed by atoms with Crippen molar-refractivity contribution in [2.24, 2.45) is 0 Å². The number of ether oxygens (including phenoxy) is 2. The first-order chi connectivity index (χ1) is 14.5. The van der Waals surface area contributed by atoms with Gasteiger partial charge in [0.05, 0.1) is 18.8 Å². The Labute approximate surface area is 174 Å². The number of halogens is 1. The molecule has 0 saturated carbocycles. The summed E-state index contributed by atoms with van der Waals surface area (Å²) in [5, 5.41) is 2.14.